The van der Waals surface area contributed by atoms with E-state index in [1.165, 1.54) is 30.1 Å². The number of nitrogens with one attached hydrogen (secondary N) is 1. The molecule has 0 aliphatic heterocycles. The van der Waals surface area contributed by atoms with E-state index in [2.05, 4.69) is 21.2 Å². The van der Waals surface area contributed by atoms with E-state index < -0.39 is 28.5 Å². The van der Waals surface area contributed by atoms with Crippen LogP contribution in [-0.4, -0.2) is 51.0 Å². The number of hydrogen-bond donors (Lipinski definition) is 1. The summed E-state index contributed by atoms with van der Waals surface area (Å²) in [5.41, 5.74) is 0.929. The Labute approximate surface area is 200 Å². The van der Waals surface area contributed by atoms with E-state index >= 15 is 0 Å². The molecule has 2 aromatic rings. The predicted octanol–water partition coefficient (Wildman–Crippen LogP) is 3.69. The molecule has 0 aromatic heterocycles. The smallest absolute Gasteiger partial charge is 0.244 e. The molecule has 168 valence electrons. The zero-order valence-electron chi connectivity index (χ0n) is 17.1. The molecule has 0 heterocycles. The van der Waals surface area contributed by atoms with Gasteiger partial charge in [-0.3, -0.25) is 13.9 Å². The summed E-state index contributed by atoms with van der Waals surface area (Å²) in [6.07, 6.45) is 0.982. The fourth-order valence-electron chi connectivity index (χ4n) is 2.92. The largest absolute Gasteiger partial charge is 0.357 e. The van der Waals surface area contributed by atoms with E-state index in [4.69, 9.17) is 23.2 Å². The number of hydrogen-bond acceptors (Lipinski definition) is 4. The van der Waals surface area contributed by atoms with Gasteiger partial charge in [0, 0.05) is 28.1 Å². The van der Waals surface area contributed by atoms with Gasteiger partial charge in [-0.05, 0) is 42.8 Å². The average molecular weight is 551 g/mol. The van der Waals surface area contributed by atoms with Gasteiger partial charge in [0.05, 0.1) is 11.9 Å². The summed E-state index contributed by atoms with van der Waals surface area (Å²) < 4.78 is 26.6. The number of amides is 2. The minimum absolute atomic E-state index is 0.112. The molecule has 2 rings (SSSR count). The second-order valence-corrected chi connectivity index (χ2v) is 10.5. The number of sulfonamides is 1. The van der Waals surface area contributed by atoms with Crippen LogP contribution in [-0.2, 0) is 26.2 Å². The van der Waals surface area contributed by atoms with Gasteiger partial charge in [0.1, 0.15) is 12.6 Å². The highest BCUT2D eigenvalue weighted by Crippen LogP contribution is 2.27. The third-order valence-electron chi connectivity index (χ3n) is 4.47. The molecule has 1 atom stereocenters. The molecule has 0 bridgehead atoms. The molecule has 0 saturated heterocycles. The molecule has 2 amide bonds. The van der Waals surface area contributed by atoms with Crippen molar-refractivity contribution in [3.8, 4) is 0 Å². The lowest BCUT2D eigenvalue weighted by Crippen LogP contribution is -2.50. The van der Waals surface area contributed by atoms with Crippen LogP contribution in [0.5, 0.6) is 0 Å². The zero-order valence-corrected chi connectivity index (χ0v) is 21.0. The summed E-state index contributed by atoms with van der Waals surface area (Å²) in [6, 6.07) is 10.7. The van der Waals surface area contributed by atoms with E-state index in [1.807, 2.05) is 24.3 Å². The van der Waals surface area contributed by atoms with Crippen LogP contribution in [0.15, 0.2) is 46.9 Å². The first-order chi connectivity index (χ1) is 14.4. The van der Waals surface area contributed by atoms with E-state index in [0.717, 1.165) is 20.6 Å². The third-order valence-corrected chi connectivity index (χ3v) is 6.54. The molecule has 2 aromatic carbocycles. The molecule has 0 aliphatic carbocycles. The molecule has 0 aliphatic rings. The Morgan fingerprint density at radius 1 is 1.13 bits per heavy atom. The van der Waals surface area contributed by atoms with E-state index in [9.17, 15) is 18.0 Å². The molecule has 7 nitrogen and oxygen atoms in total. The second-order valence-electron chi connectivity index (χ2n) is 6.84. The van der Waals surface area contributed by atoms with Gasteiger partial charge in [0.15, 0.2) is 0 Å². The van der Waals surface area contributed by atoms with Crippen LogP contribution in [0.1, 0.15) is 12.5 Å². The molecule has 0 fully saturated rings. The van der Waals surface area contributed by atoms with Crippen molar-refractivity contribution in [3.63, 3.8) is 0 Å². The van der Waals surface area contributed by atoms with Crippen molar-refractivity contribution in [2.75, 3.05) is 24.2 Å². The van der Waals surface area contributed by atoms with Crippen LogP contribution in [0, 0.1) is 0 Å². The lowest BCUT2D eigenvalue weighted by atomic mass is 10.1. The van der Waals surface area contributed by atoms with Gasteiger partial charge in [-0.25, -0.2) is 8.42 Å². The molecule has 31 heavy (non-hydrogen) atoms. The van der Waals surface area contributed by atoms with Crippen LogP contribution < -0.4 is 9.62 Å². The Bertz CT molecular complexity index is 1060. The van der Waals surface area contributed by atoms with Crippen LogP contribution in [0.4, 0.5) is 5.69 Å². The minimum atomic E-state index is -3.85. The number of nitrogens with zero attached hydrogens (tertiary/aromatic N) is 2. The number of halogens is 3. The number of rotatable bonds is 8. The molecule has 0 spiro atoms. The highest BCUT2D eigenvalue weighted by molar-refractivity contribution is 9.10. The Morgan fingerprint density at radius 2 is 1.74 bits per heavy atom. The standard InChI is InChI=1S/C20H22BrCl2N3O4S/c1-13(20(28)24-2)25(11-14-5-4-6-15(21)7-14)19(27)12-26(31(3,29)30)18-9-16(22)8-17(23)10-18/h4-10,13H,11-12H2,1-3H3,(H,24,28)/t13-/m1/s1. The predicted molar refractivity (Wildman–Crippen MR) is 127 cm³/mol. The third kappa shape index (κ3) is 7.10. The Hall–Kier alpha value is -1.81. The van der Waals surface area contributed by atoms with Gasteiger partial charge in [0.25, 0.3) is 0 Å². The number of benzene rings is 2. The number of anilines is 1. The normalized spacial score (nSPS) is 12.2. The van der Waals surface area contributed by atoms with Crippen molar-refractivity contribution < 1.29 is 18.0 Å². The van der Waals surface area contributed by atoms with Crippen molar-refractivity contribution in [2.45, 2.75) is 19.5 Å². The Kier molecular flexibility index (Phi) is 8.76. The lowest BCUT2D eigenvalue weighted by Gasteiger charge is -2.31. The summed E-state index contributed by atoms with van der Waals surface area (Å²) in [5, 5.41) is 2.98. The maximum absolute atomic E-state index is 13.3. The fraction of sp³-hybridized carbons (Fsp3) is 0.300. The van der Waals surface area contributed by atoms with Crippen LogP contribution in [0.3, 0.4) is 0 Å². The summed E-state index contributed by atoms with van der Waals surface area (Å²) >= 11 is 15.4. The van der Waals surface area contributed by atoms with Gasteiger partial charge >= 0.3 is 0 Å². The van der Waals surface area contributed by atoms with E-state index in [1.54, 1.807) is 6.92 Å². The average Bonchev–Trinajstić information content (AvgIpc) is 2.67. The summed E-state index contributed by atoms with van der Waals surface area (Å²) in [5.74, 6) is -0.933. The summed E-state index contributed by atoms with van der Waals surface area (Å²) in [4.78, 5) is 26.9. The van der Waals surface area contributed by atoms with E-state index in [0.29, 0.717) is 0 Å². The van der Waals surface area contributed by atoms with Crippen molar-refractivity contribution in [3.05, 3.63) is 62.5 Å². The quantitative estimate of drug-likeness (QED) is 0.543. The minimum Gasteiger partial charge on any atom is -0.357 e. The Morgan fingerprint density at radius 3 is 2.26 bits per heavy atom. The number of carbonyl (C=O) groups excluding carboxylic acids is 2. The first-order valence-corrected chi connectivity index (χ1v) is 12.5. The van der Waals surface area contributed by atoms with Gasteiger partial charge in [-0.2, -0.15) is 0 Å². The maximum atomic E-state index is 13.3. The topological polar surface area (TPSA) is 86.8 Å². The first-order valence-electron chi connectivity index (χ1n) is 9.11. The fourth-order valence-corrected chi connectivity index (χ4v) is 4.71. The van der Waals surface area contributed by atoms with Crippen molar-refractivity contribution in [1.82, 2.24) is 10.2 Å². The first kappa shape index (κ1) is 25.5. The van der Waals surface area contributed by atoms with Gasteiger partial charge in [-0.15, -0.1) is 0 Å². The van der Waals surface area contributed by atoms with Crippen molar-refractivity contribution in [1.29, 1.82) is 0 Å². The van der Waals surface area contributed by atoms with E-state index in [-0.39, 0.29) is 28.2 Å². The van der Waals surface area contributed by atoms with Crippen LogP contribution in [0.25, 0.3) is 0 Å². The SMILES string of the molecule is CNC(=O)[C@@H](C)N(Cc1cccc(Br)c1)C(=O)CN(c1cc(Cl)cc(Cl)c1)S(C)(=O)=O. The highest BCUT2D eigenvalue weighted by atomic mass is 79.9. The van der Waals surface area contributed by atoms with Gasteiger partial charge < -0.3 is 10.2 Å². The van der Waals surface area contributed by atoms with Crippen LogP contribution in [0.2, 0.25) is 10.0 Å². The van der Waals surface area contributed by atoms with Gasteiger partial charge in [0.2, 0.25) is 21.8 Å². The van der Waals surface area contributed by atoms with Gasteiger partial charge in [-0.1, -0.05) is 51.3 Å². The van der Waals surface area contributed by atoms with Crippen molar-refractivity contribution in [2.24, 2.45) is 0 Å². The second kappa shape index (κ2) is 10.7. The molecular formula is C20H22BrCl2N3O4S. The van der Waals surface area contributed by atoms with Crippen LogP contribution >= 0.6 is 39.1 Å². The molecule has 0 radical (unpaired) electrons. The molecular weight excluding hydrogens is 529 g/mol. The number of likely N-dealkylation sites (N-methyl/N-ethyl adjacent to an activating group) is 1. The maximum Gasteiger partial charge on any atom is 0.244 e. The summed E-state index contributed by atoms with van der Waals surface area (Å²) in [7, 11) is -2.38. The Balaban J connectivity index is 2.42. The highest BCUT2D eigenvalue weighted by Gasteiger charge is 2.30. The molecule has 1 N–H and O–H groups in total. The summed E-state index contributed by atoms with van der Waals surface area (Å²) in [6.45, 7) is 1.17. The molecule has 0 saturated carbocycles. The zero-order chi connectivity index (χ0) is 23.3. The number of carbonyl (C=O) groups is 2. The lowest BCUT2D eigenvalue weighted by molar-refractivity contribution is -0.139. The molecule has 11 heteroatoms. The monoisotopic (exact) mass is 549 g/mol. The molecule has 0 unspecified atom stereocenters. The van der Waals surface area contributed by atoms with Crippen molar-refractivity contribution >= 4 is 66.7 Å².